The number of carbonyl (C=O) groups excluding carboxylic acids is 1. The summed E-state index contributed by atoms with van der Waals surface area (Å²) < 4.78 is 0. The van der Waals surface area contributed by atoms with Crippen molar-refractivity contribution < 1.29 is 4.79 Å². The molecule has 1 N–H and O–H groups in total. The molecule has 4 rings (SSSR count). The van der Waals surface area contributed by atoms with E-state index in [2.05, 4.69) is 21.7 Å². The first-order valence-electron chi connectivity index (χ1n) is 7.85. The Labute approximate surface area is 124 Å². The second-order valence-electron chi connectivity index (χ2n) is 6.37. The number of fused-ring (bicyclic) bond motifs is 2. The lowest BCUT2D eigenvalue weighted by atomic mass is 10.1. The maximum Gasteiger partial charge on any atom is 0.270 e. The maximum atomic E-state index is 12.8. The van der Waals surface area contributed by atoms with Gasteiger partial charge >= 0.3 is 0 Å². The molecule has 0 aliphatic carbocycles. The number of rotatable bonds is 1. The number of H-pyrrole nitrogens is 1. The van der Waals surface area contributed by atoms with E-state index in [0.717, 1.165) is 29.7 Å². The van der Waals surface area contributed by atoms with Crippen LogP contribution in [0.5, 0.6) is 0 Å². The van der Waals surface area contributed by atoms with Crippen LogP contribution in [0.4, 0.5) is 0 Å². The highest BCUT2D eigenvalue weighted by atomic mass is 16.2. The largest absolute Gasteiger partial charge is 0.351 e. The number of piperazine rings is 1. The fourth-order valence-corrected chi connectivity index (χ4v) is 3.81. The first-order chi connectivity index (χ1) is 10.2. The molecule has 0 saturated carbocycles. The van der Waals surface area contributed by atoms with Crippen molar-refractivity contribution >= 4 is 16.8 Å². The van der Waals surface area contributed by atoms with Crippen molar-refractivity contribution in [3.8, 4) is 0 Å². The van der Waals surface area contributed by atoms with Gasteiger partial charge in [0.25, 0.3) is 5.91 Å². The lowest BCUT2D eigenvalue weighted by Crippen LogP contribution is -2.56. The average molecular weight is 283 g/mol. The molecular weight excluding hydrogens is 262 g/mol. The van der Waals surface area contributed by atoms with Crippen LogP contribution in [0.2, 0.25) is 0 Å². The standard InChI is InChI=1S/C17H21N3O/c1-12-10-19-8-4-6-14(19)11-20(12)17(21)16-9-13-5-2-3-7-15(13)18-16/h2-3,5,7,9,12,14,18H,4,6,8,10-11H2,1H3. The number of aromatic nitrogens is 1. The first-order valence-corrected chi connectivity index (χ1v) is 7.85. The maximum absolute atomic E-state index is 12.8. The SMILES string of the molecule is CC1CN2CCCC2CN1C(=O)c1cc2ccccc2[nH]1. The van der Waals surface area contributed by atoms with Gasteiger partial charge in [-0.25, -0.2) is 0 Å². The minimum Gasteiger partial charge on any atom is -0.351 e. The van der Waals surface area contributed by atoms with E-state index in [9.17, 15) is 4.79 Å². The van der Waals surface area contributed by atoms with Crippen molar-refractivity contribution in [3.63, 3.8) is 0 Å². The number of para-hydroxylation sites is 1. The normalized spacial score (nSPS) is 26.2. The van der Waals surface area contributed by atoms with Crippen LogP contribution in [0.25, 0.3) is 10.9 Å². The van der Waals surface area contributed by atoms with Crippen molar-refractivity contribution in [1.29, 1.82) is 0 Å². The van der Waals surface area contributed by atoms with Gasteiger partial charge in [-0.1, -0.05) is 18.2 Å². The lowest BCUT2D eigenvalue weighted by molar-refractivity contribution is 0.0391. The Morgan fingerprint density at radius 1 is 1.29 bits per heavy atom. The number of aromatic amines is 1. The van der Waals surface area contributed by atoms with Gasteiger partial charge in [0, 0.05) is 36.1 Å². The molecule has 2 aromatic rings. The third-order valence-corrected chi connectivity index (χ3v) is 4.96. The Bertz CT molecular complexity index is 644. The molecule has 2 aliphatic rings. The molecule has 21 heavy (non-hydrogen) atoms. The van der Waals surface area contributed by atoms with Crippen LogP contribution >= 0.6 is 0 Å². The third-order valence-electron chi connectivity index (χ3n) is 4.96. The number of hydrogen-bond acceptors (Lipinski definition) is 2. The molecule has 3 heterocycles. The minimum absolute atomic E-state index is 0.144. The predicted octanol–water partition coefficient (Wildman–Crippen LogP) is 2.48. The van der Waals surface area contributed by atoms with Gasteiger partial charge in [-0.15, -0.1) is 0 Å². The monoisotopic (exact) mass is 283 g/mol. The molecule has 2 fully saturated rings. The number of benzene rings is 1. The van der Waals surface area contributed by atoms with Gasteiger partial charge in [0.15, 0.2) is 0 Å². The highest BCUT2D eigenvalue weighted by Crippen LogP contribution is 2.26. The molecule has 1 aromatic heterocycles. The first kappa shape index (κ1) is 12.9. The molecule has 0 bridgehead atoms. The van der Waals surface area contributed by atoms with Gasteiger partial charge in [0.1, 0.15) is 5.69 Å². The quantitative estimate of drug-likeness (QED) is 0.873. The van der Waals surface area contributed by atoms with E-state index < -0.39 is 0 Å². The zero-order valence-corrected chi connectivity index (χ0v) is 12.4. The average Bonchev–Trinajstić information content (AvgIpc) is 3.11. The molecular formula is C17H21N3O. The van der Waals surface area contributed by atoms with E-state index in [1.54, 1.807) is 0 Å². The van der Waals surface area contributed by atoms with E-state index in [-0.39, 0.29) is 5.91 Å². The van der Waals surface area contributed by atoms with Crippen molar-refractivity contribution in [2.75, 3.05) is 19.6 Å². The van der Waals surface area contributed by atoms with Crippen molar-refractivity contribution in [1.82, 2.24) is 14.8 Å². The number of carbonyl (C=O) groups is 1. The number of nitrogens with one attached hydrogen (secondary N) is 1. The van der Waals surface area contributed by atoms with Crippen LogP contribution in [-0.4, -0.2) is 52.4 Å². The fraction of sp³-hybridized carbons (Fsp3) is 0.471. The summed E-state index contributed by atoms with van der Waals surface area (Å²) in [6.45, 7) is 5.24. The molecule has 2 aliphatic heterocycles. The lowest BCUT2D eigenvalue weighted by Gasteiger charge is -2.42. The van der Waals surface area contributed by atoms with Gasteiger partial charge in [-0.05, 0) is 38.4 Å². The molecule has 2 unspecified atom stereocenters. The van der Waals surface area contributed by atoms with E-state index in [0.29, 0.717) is 12.1 Å². The third kappa shape index (κ3) is 2.14. The van der Waals surface area contributed by atoms with E-state index in [1.807, 2.05) is 30.3 Å². The summed E-state index contributed by atoms with van der Waals surface area (Å²) in [6.07, 6.45) is 2.50. The van der Waals surface area contributed by atoms with Gasteiger partial charge in [0.2, 0.25) is 0 Å². The molecule has 2 saturated heterocycles. The Morgan fingerprint density at radius 3 is 3.00 bits per heavy atom. The molecule has 4 heteroatoms. The minimum atomic E-state index is 0.144. The number of hydrogen-bond donors (Lipinski definition) is 1. The predicted molar refractivity (Wildman–Crippen MR) is 83.4 cm³/mol. The summed E-state index contributed by atoms with van der Waals surface area (Å²) in [4.78, 5) is 20.7. The van der Waals surface area contributed by atoms with Crippen molar-refractivity contribution in [2.45, 2.75) is 31.8 Å². The van der Waals surface area contributed by atoms with E-state index in [4.69, 9.17) is 0 Å². The molecule has 1 amide bonds. The van der Waals surface area contributed by atoms with Crippen LogP contribution in [0.15, 0.2) is 30.3 Å². The molecule has 110 valence electrons. The Hall–Kier alpha value is -1.81. The molecule has 2 atom stereocenters. The highest BCUT2D eigenvalue weighted by Gasteiger charge is 2.36. The smallest absolute Gasteiger partial charge is 0.270 e. The van der Waals surface area contributed by atoms with Crippen molar-refractivity contribution in [3.05, 3.63) is 36.0 Å². The molecule has 1 aromatic carbocycles. The van der Waals surface area contributed by atoms with Gasteiger partial charge < -0.3 is 9.88 Å². The summed E-state index contributed by atoms with van der Waals surface area (Å²) in [5, 5.41) is 1.10. The zero-order valence-electron chi connectivity index (χ0n) is 12.4. The van der Waals surface area contributed by atoms with Crippen molar-refractivity contribution in [2.24, 2.45) is 0 Å². The second-order valence-corrected chi connectivity index (χ2v) is 6.37. The summed E-state index contributed by atoms with van der Waals surface area (Å²) in [5.74, 6) is 0.144. The van der Waals surface area contributed by atoms with Crippen LogP contribution < -0.4 is 0 Å². The number of amides is 1. The summed E-state index contributed by atoms with van der Waals surface area (Å²) in [5.41, 5.74) is 1.75. The summed E-state index contributed by atoms with van der Waals surface area (Å²) in [7, 11) is 0. The molecule has 0 spiro atoms. The Kier molecular flexibility index (Phi) is 3.00. The van der Waals surface area contributed by atoms with Crippen LogP contribution in [0.3, 0.4) is 0 Å². The summed E-state index contributed by atoms with van der Waals surface area (Å²) >= 11 is 0. The molecule has 4 nitrogen and oxygen atoms in total. The van der Waals surface area contributed by atoms with Crippen LogP contribution in [0, 0.1) is 0 Å². The van der Waals surface area contributed by atoms with Crippen LogP contribution in [-0.2, 0) is 0 Å². The van der Waals surface area contributed by atoms with Gasteiger partial charge in [-0.3, -0.25) is 9.69 Å². The zero-order chi connectivity index (χ0) is 14.4. The Morgan fingerprint density at radius 2 is 2.14 bits per heavy atom. The van der Waals surface area contributed by atoms with Gasteiger partial charge in [-0.2, -0.15) is 0 Å². The van der Waals surface area contributed by atoms with E-state index in [1.165, 1.54) is 19.4 Å². The second kappa shape index (κ2) is 4.88. The topological polar surface area (TPSA) is 39.3 Å². The van der Waals surface area contributed by atoms with Crippen LogP contribution in [0.1, 0.15) is 30.3 Å². The van der Waals surface area contributed by atoms with Gasteiger partial charge in [0.05, 0.1) is 0 Å². The summed E-state index contributed by atoms with van der Waals surface area (Å²) in [6, 6.07) is 10.9. The molecule has 0 radical (unpaired) electrons. The highest BCUT2D eigenvalue weighted by molar-refractivity contribution is 5.98. The number of nitrogens with zero attached hydrogens (tertiary/aromatic N) is 2. The Balaban J connectivity index is 1.61. The fourth-order valence-electron chi connectivity index (χ4n) is 3.81. The van der Waals surface area contributed by atoms with E-state index >= 15 is 0 Å².